The van der Waals surface area contributed by atoms with Crippen molar-refractivity contribution in [2.24, 2.45) is 0 Å². The van der Waals surface area contributed by atoms with Gasteiger partial charge in [-0.25, -0.2) is 13.2 Å². The van der Waals surface area contributed by atoms with Crippen molar-refractivity contribution in [3.8, 4) is 0 Å². The Morgan fingerprint density at radius 3 is 2.29 bits per heavy atom. The summed E-state index contributed by atoms with van der Waals surface area (Å²) in [5.41, 5.74) is 3.11. The Labute approximate surface area is 204 Å². The molecule has 1 saturated heterocycles. The third-order valence-electron chi connectivity index (χ3n) is 5.56. The van der Waals surface area contributed by atoms with Gasteiger partial charge in [-0.15, -0.1) is 0 Å². The maximum absolute atomic E-state index is 12.7. The Morgan fingerprint density at radius 2 is 1.63 bits per heavy atom. The average molecular weight is 495 g/mol. The van der Waals surface area contributed by atoms with Gasteiger partial charge in [0.1, 0.15) is 6.61 Å². The molecule has 1 amide bonds. The first-order valence-corrected chi connectivity index (χ1v) is 12.6. The maximum atomic E-state index is 12.7. The molecule has 1 aliphatic rings. The number of rotatable bonds is 7. The number of hydrogen-bond acceptors (Lipinski definition) is 6. The number of benzene rings is 3. The molecule has 0 bridgehead atoms. The molecule has 0 atom stereocenters. The number of hydrogen-bond donors (Lipinski definition) is 1. The summed E-state index contributed by atoms with van der Waals surface area (Å²) >= 11 is 0. The fourth-order valence-electron chi connectivity index (χ4n) is 3.61. The molecule has 9 heteroatoms. The average Bonchev–Trinajstić information content (AvgIpc) is 2.88. The van der Waals surface area contributed by atoms with E-state index in [9.17, 15) is 18.0 Å². The van der Waals surface area contributed by atoms with Gasteiger partial charge in [-0.3, -0.25) is 4.79 Å². The number of carbonyl (C=O) groups excluding carboxylic acids is 2. The smallest absolute Gasteiger partial charge is 0.338 e. The van der Waals surface area contributed by atoms with Crippen LogP contribution in [-0.4, -0.2) is 50.9 Å². The van der Waals surface area contributed by atoms with E-state index in [2.05, 4.69) is 5.32 Å². The minimum atomic E-state index is -3.57. The number of aryl methyl sites for hydroxylation is 1. The molecule has 1 aliphatic heterocycles. The summed E-state index contributed by atoms with van der Waals surface area (Å²) in [7, 11) is -3.57. The van der Waals surface area contributed by atoms with Gasteiger partial charge in [-0.2, -0.15) is 4.31 Å². The number of ether oxygens (including phenoxy) is 2. The summed E-state index contributed by atoms with van der Waals surface area (Å²) in [6.45, 7) is 3.34. The van der Waals surface area contributed by atoms with Gasteiger partial charge in [0.15, 0.2) is 0 Å². The van der Waals surface area contributed by atoms with Crippen molar-refractivity contribution in [3.63, 3.8) is 0 Å². The molecule has 3 aromatic carbocycles. The zero-order valence-electron chi connectivity index (χ0n) is 19.3. The zero-order chi connectivity index (χ0) is 24.8. The molecule has 0 unspecified atom stereocenters. The van der Waals surface area contributed by atoms with Gasteiger partial charge >= 0.3 is 5.97 Å². The number of morpholine rings is 1. The molecular weight excluding hydrogens is 468 g/mol. The minimum absolute atomic E-state index is 0.00254. The van der Waals surface area contributed by atoms with Gasteiger partial charge in [0, 0.05) is 24.3 Å². The topological polar surface area (TPSA) is 102 Å². The van der Waals surface area contributed by atoms with Gasteiger partial charge in [0.05, 0.1) is 23.7 Å². The molecule has 0 radical (unpaired) electrons. The van der Waals surface area contributed by atoms with Crippen molar-refractivity contribution in [2.75, 3.05) is 31.6 Å². The second-order valence-electron chi connectivity index (χ2n) is 8.14. The zero-order valence-corrected chi connectivity index (χ0v) is 20.1. The van der Waals surface area contributed by atoms with Gasteiger partial charge < -0.3 is 14.8 Å². The lowest BCUT2D eigenvalue weighted by Crippen LogP contribution is -2.40. The quantitative estimate of drug-likeness (QED) is 0.504. The Hall–Kier alpha value is -3.53. The number of sulfonamides is 1. The largest absolute Gasteiger partial charge is 0.457 e. The number of carbonyl (C=O) groups is 2. The second-order valence-corrected chi connectivity index (χ2v) is 10.1. The Balaban J connectivity index is 1.31. The number of nitrogens with one attached hydrogen (secondary N) is 1. The Bertz CT molecular complexity index is 1300. The lowest BCUT2D eigenvalue weighted by atomic mass is 10.1. The van der Waals surface area contributed by atoms with Crippen molar-refractivity contribution in [1.82, 2.24) is 4.31 Å². The molecule has 0 spiro atoms. The van der Waals surface area contributed by atoms with E-state index < -0.39 is 16.0 Å². The Kier molecular flexibility index (Phi) is 7.60. The lowest BCUT2D eigenvalue weighted by Gasteiger charge is -2.26. The summed E-state index contributed by atoms with van der Waals surface area (Å²) in [6, 6.07) is 20.0. The predicted molar refractivity (Wildman–Crippen MR) is 131 cm³/mol. The van der Waals surface area contributed by atoms with E-state index in [1.165, 1.54) is 16.4 Å². The van der Waals surface area contributed by atoms with Crippen molar-refractivity contribution < 1.29 is 27.5 Å². The number of amides is 1. The molecule has 4 rings (SSSR count). The van der Waals surface area contributed by atoms with E-state index in [1.54, 1.807) is 48.5 Å². The number of nitrogens with zero attached hydrogens (tertiary/aromatic N) is 1. The molecule has 3 aromatic rings. The maximum Gasteiger partial charge on any atom is 0.338 e. The summed E-state index contributed by atoms with van der Waals surface area (Å²) in [5.74, 6) is -0.755. The second kappa shape index (κ2) is 10.8. The van der Waals surface area contributed by atoms with Crippen LogP contribution in [0.15, 0.2) is 77.7 Å². The molecule has 0 saturated carbocycles. The molecule has 0 aromatic heterocycles. The first-order chi connectivity index (χ1) is 16.8. The highest BCUT2D eigenvalue weighted by molar-refractivity contribution is 7.89. The molecule has 1 N–H and O–H groups in total. The van der Waals surface area contributed by atoms with Crippen LogP contribution in [0.4, 0.5) is 5.69 Å². The van der Waals surface area contributed by atoms with E-state index >= 15 is 0 Å². The highest BCUT2D eigenvalue weighted by Crippen LogP contribution is 2.19. The van der Waals surface area contributed by atoms with Crippen LogP contribution < -0.4 is 5.32 Å². The SMILES string of the molecule is Cc1cccc(C(=O)Nc2ccc(C(=O)OCc3ccc(S(=O)(=O)N4CCOCC4)cc3)cc2)c1. The number of anilines is 1. The fourth-order valence-corrected chi connectivity index (χ4v) is 5.01. The van der Waals surface area contributed by atoms with E-state index in [-0.39, 0.29) is 17.4 Å². The van der Waals surface area contributed by atoms with Crippen LogP contribution in [0.1, 0.15) is 31.8 Å². The fraction of sp³-hybridized carbons (Fsp3) is 0.231. The van der Waals surface area contributed by atoms with Gasteiger partial charge in [0.25, 0.3) is 5.91 Å². The van der Waals surface area contributed by atoms with Gasteiger partial charge in [-0.05, 0) is 61.0 Å². The van der Waals surface area contributed by atoms with Crippen LogP contribution in [-0.2, 0) is 26.1 Å². The van der Waals surface area contributed by atoms with Gasteiger partial charge in [0.2, 0.25) is 10.0 Å². The van der Waals surface area contributed by atoms with Crippen LogP contribution in [0.2, 0.25) is 0 Å². The van der Waals surface area contributed by atoms with Crippen molar-refractivity contribution in [1.29, 1.82) is 0 Å². The predicted octanol–water partition coefficient (Wildman–Crippen LogP) is 3.63. The molecule has 1 fully saturated rings. The highest BCUT2D eigenvalue weighted by atomic mass is 32.2. The van der Waals surface area contributed by atoms with Crippen LogP contribution in [0.5, 0.6) is 0 Å². The number of esters is 1. The van der Waals surface area contributed by atoms with Gasteiger partial charge in [-0.1, -0.05) is 29.8 Å². The summed E-state index contributed by atoms with van der Waals surface area (Å²) in [6.07, 6.45) is 0. The summed E-state index contributed by atoms with van der Waals surface area (Å²) < 4.78 is 37.4. The normalized spacial score (nSPS) is 14.3. The lowest BCUT2D eigenvalue weighted by molar-refractivity contribution is 0.0472. The van der Waals surface area contributed by atoms with E-state index in [0.717, 1.165) is 5.56 Å². The third kappa shape index (κ3) is 6.13. The van der Waals surface area contributed by atoms with E-state index in [4.69, 9.17) is 9.47 Å². The minimum Gasteiger partial charge on any atom is -0.457 e. The third-order valence-corrected chi connectivity index (χ3v) is 7.47. The standard InChI is InChI=1S/C26H26N2O6S/c1-19-3-2-4-22(17-19)25(29)27-23-9-7-21(8-10-23)26(30)34-18-20-5-11-24(12-6-20)35(31,32)28-13-15-33-16-14-28/h2-12,17H,13-16,18H2,1H3,(H,27,29). The van der Waals surface area contributed by atoms with Crippen LogP contribution in [0, 0.1) is 6.92 Å². The van der Waals surface area contributed by atoms with Crippen LogP contribution in [0.25, 0.3) is 0 Å². The monoisotopic (exact) mass is 494 g/mol. The molecule has 8 nitrogen and oxygen atoms in total. The molecule has 35 heavy (non-hydrogen) atoms. The molecule has 182 valence electrons. The van der Waals surface area contributed by atoms with Crippen molar-refractivity contribution >= 4 is 27.6 Å². The Morgan fingerprint density at radius 1 is 0.943 bits per heavy atom. The first kappa shape index (κ1) is 24.6. The van der Waals surface area contributed by atoms with Crippen molar-refractivity contribution in [2.45, 2.75) is 18.4 Å². The molecular formula is C26H26N2O6S. The van der Waals surface area contributed by atoms with Crippen LogP contribution >= 0.6 is 0 Å². The van der Waals surface area contributed by atoms with E-state index in [0.29, 0.717) is 48.7 Å². The summed E-state index contributed by atoms with van der Waals surface area (Å²) in [5, 5.41) is 2.80. The highest BCUT2D eigenvalue weighted by Gasteiger charge is 2.26. The molecule has 1 heterocycles. The van der Waals surface area contributed by atoms with Crippen molar-refractivity contribution in [3.05, 3.63) is 95.1 Å². The van der Waals surface area contributed by atoms with Crippen LogP contribution in [0.3, 0.4) is 0 Å². The first-order valence-electron chi connectivity index (χ1n) is 11.1. The molecule has 0 aliphatic carbocycles. The van der Waals surface area contributed by atoms with E-state index in [1.807, 2.05) is 19.1 Å². The summed E-state index contributed by atoms with van der Waals surface area (Å²) in [4.78, 5) is 25.0.